The second-order valence-electron chi connectivity index (χ2n) is 4.68. The first-order valence-corrected chi connectivity index (χ1v) is 6.25. The number of nitrogens with two attached hydrogens (primary N) is 1. The van der Waals surface area contributed by atoms with Crippen LogP contribution in [0.4, 0.5) is 11.6 Å². The van der Waals surface area contributed by atoms with Gasteiger partial charge in [-0.1, -0.05) is 0 Å². The number of nitrogen functional groups attached to an aromatic ring is 1. The van der Waals surface area contributed by atoms with Gasteiger partial charge in [0.05, 0.1) is 5.69 Å². The van der Waals surface area contributed by atoms with E-state index < -0.39 is 0 Å². The molecule has 0 saturated carbocycles. The van der Waals surface area contributed by atoms with E-state index in [1.165, 1.54) is 12.8 Å². The summed E-state index contributed by atoms with van der Waals surface area (Å²) < 4.78 is 1.67. The van der Waals surface area contributed by atoms with Crippen molar-refractivity contribution in [3.8, 4) is 11.3 Å². The predicted octanol–water partition coefficient (Wildman–Crippen LogP) is 1.66. The average Bonchev–Trinajstić information content (AvgIpc) is 3.01. The van der Waals surface area contributed by atoms with Crippen LogP contribution in [0.15, 0.2) is 24.4 Å². The van der Waals surface area contributed by atoms with Crippen molar-refractivity contribution < 1.29 is 0 Å². The molecule has 0 aromatic carbocycles. The van der Waals surface area contributed by atoms with E-state index in [0.29, 0.717) is 5.82 Å². The van der Waals surface area contributed by atoms with Gasteiger partial charge in [0, 0.05) is 38.0 Å². The molecular weight excluding hydrogens is 226 g/mol. The molecule has 2 aromatic rings. The van der Waals surface area contributed by atoms with Gasteiger partial charge in [-0.2, -0.15) is 5.10 Å². The Hall–Kier alpha value is -2.04. The third-order valence-corrected chi connectivity index (χ3v) is 3.39. The highest BCUT2D eigenvalue weighted by atomic mass is 15.3. The summed E-state index contributed by atoms with van der Waals surface area (Å²) in [7, 11) is 1.84. The lowest BCUT2D eigenvalue weighted by Crippen LogP contribution is -2.18. The quantitative estimate of drug-likeness (QED) is 0.871. The maximum absolute atomic E-state index is 5.78. The Morgan fingerprint density at radius 3 is 2.56 bits per heavy atom. The Morgan fingerprint density at radius 2 is 2.00 bits per heavy atom. The molecule has 5 heteroatoms. The molecule has 0 bridgehead atoms. The second kappa shape index (κ2) is 4.33. The fraction of sp³-hybridized carbons (Fsp3) is 0.385. The highest BCUT2D eigenvalue weighted by molar-refractivity contribution is 5.62. The zero-order valence-electron chi connectivity index (χ0n) is 10.5. The minimum atomic E-state index is 0.661. The van der Waals surface area contributed by atoms with Crippen LogP contribution >= 0.6 is 0 Å². The lowest BCUT2D eigenvalue weighted by Gasteiger charge is -2.15. The summed E-state index contributed by atoms with van der Waals surface area (Å²) in [5.74, 6) is 1.72. The van der Waals surface area contributed by atoms with E-state index in [4.69, 9.17) is 5.73 Å². The molecule has 5 nitrogen and oxygen atoms in total. The molecule has 94 valence electrons. The summed E-state index contributed by atoms with van der Waals surface area (Å²) in [6.07, 6.45) is 4.40. The SMILES string of the molecule is Cn1nc(-c2ccc(N3CCCC3)nc2)cc1N. The van der Waals surface area contributed by atoms with Gasteiger partial charge in [-0.15, -0.1) is 0 Å². The Kier molecular flexibility index (Phi) is 2.66. The molecule has 1 aliphatic heterocycles. The van der Waals surface area contributed by atoms with Crippen molar-refractivity contribution in [2.24, 2.45) is 7.05 Å². The van der Waals surface area contributed by atoms with Gasteiger partial charge < -0.3 is 10.6 Å². The molecule has 3 rings (SSSR count). The topological polar surface area (TPSA) is 60.0 Å². The standard InChI is InChI=1S/C13H17N5/c1-17-12(14)8-11(16-17)10-4-5-13(15-9-10)18-6-2-3-7-18/h4-5,8-9H,2-3,6-7,14H2,1H3. The van der Waals surface area contributed by atoms with Gasteiger partial charge in [0.25, 0.3) is 0 Å². The van der Waals surface area contributed by atoms with Crippen LogP contribution in [-0.4, -0.2) is 27.9 Å². The van der Waals surface area contributed by atoms with E-state index in [0.717, 1.165) is 30.2 Å². The normalized spacial score (nSPS) is 15.3. The maximum Gasteiger partial charge on any atom is 0.128 e. The third-order valence-electron chi connectivity index (χ3n) is 3.39. The van der Waals surface area contributed by atoms with Crippen molar-refractivity contribution in [2.45, 2.75) is 12.8 Å². The van der Waals surface area contributed by atoms with Crippen LogP contribution in [0.2, 0.25) is 0 Å². The van der Waals surface area contributed by atoms with E-state index in [2.05, 4.69) is 27.1 Å². The van der Waals surface area contributed by atoms with Crippen molar-refractivity contribution in [3.63, 3.8) is 0 Å². The molecule has 2 aromatic heterocycles. The van der Waals surface area contributed by atoms with Crippen molar-refractivity contribution >= 4 is 11.6 Å². The van der Waals surface area contributed by atoms with Gasteiger partial charge in [0.2, 0.25) is 0 Å². The van der Waals surface area contributed by atoms with E-state index in [9.17, 15) is 0 Å². The second-order valence-corrected chi connectivity index (χ2v) is 4.68. The molecule has 1 fully saturated rings. The van der Waals surface area contributed by atoms with Gasteiger partial charge >= 0.3 is 0 Å². The van der Waals surface area contributed by atoms with Gasteiger partial charge in [-0.25, -0.2) is 4.98 Å². The maximum atomic E-state index is 5.78. The lowest BCUT2D eigenvalue weighted by atomic mass is 10.2. The molecule has 1 aliphatic rings. The third kappa shape index (κ3) is 1.92. The fourth-order valence-electron chi connectivity index (χ4n) is 2.29. The molecule has 1 saturated heterocycles. The first kappa shape index (κ1) is 11.1. The zero-order chi connectivity index (χ0) is 12.5. The van der Waals surface area contributed by atoms with E-state index >= 15 is 0 Å². The molecule has 0 aliphatic carbocycles. The molecule has 0 atom stereocenters. The van der Waals surface area contributed by atoms with E-state index in [1.807, 2.05) is 19.3 Å². The number of anilines is 2. The molecular formula is C13H17N5. The van der Waals surface area contributed by atoms with Crippen molar-refractivity contribution in [1.29, 1.82) is 0 Å². The Bertz CT molecular complexity index is 518. The summed E-state index contributed by atoms with van der Waals surface area (Å²) in [6.45, 7) is 2.23. The van der Waals surface area contributed by atoms with Gasteiger partial charge in [-0.05, 0) is 25.0 Å². The van der Waals surface area contributed by atoms with Crippen molar-refractivity contribution in [3.05, 3.63) is 24.4 Å². The number of pyridine rings is 1. The van der Waals surface area contributed by atoms with Crippen LogP contribution in [-0.2, 0) is 7.05 Å². The van der Waals surface area contributed by atoms with Crippen LogP contribution < -0.4 is 10.6 Å². The van der Waals surface area contributed by atoms with E-state index in [-0.39, 0.29) is 0 Å². The average molecular weight is 243 g/mol. The molecule has 18 heavy (non-hydrogen) atoms. The largest absolute Gasteiger partial charge is 0.384 e. The number of nitrogens with zero attached hydrogens (tertiary/aromatic N) is 4. The van der Waals surface area contributed by atoms with E-state index in [1.54, 1.807) is 4.68 Å². The molecule has 0 unspecified atom stereocenters. The predicted molar refractivity (Wildman–Crippen MR) is 72.3 cm³/mol. The van der Waals surface area contributed by atoms with Crippen LogP contribution in [0, 0.1) is 0 Å². The molecule has 0 spiro atoms. The Morgan fingerprint density at radius 1 is 1.22 bits per heavy atom. The highest BCUT2D eigenvalue weighted by Gasteiger charge is 2.13. The molecule has 0 amide bonds. The number of aryl methyl sites for hydroxylation is 1. The summed E-state index contributed by atoms with van der Waals surface area (Å²) >= 11 is 0. The molecule has 0 radical (unpaired) electrons. The highest BCUT2D eigenvalue weighted by Crippen LogP contribution is 2.23. The first-order chi connectivity index (χ1) is 8.74. The van der Waals surface area contributed by atoms with Crippen molar-refractivity contribution in [2.75, 3.05) is 23.7 Å². The van der Waals surface area contributed by atoms with Crippen LogP contribution in [0.5, 0.6) is 0 Å². The van der Waals surface area contributed by atoms with Crippen molar-refractivity contribution in [1.82, 2.24) is 14.8 Å². The summed E-state index contributed by atoms with van der Waals surface area (Å²) in [5.41, 5.74) is 7.65. The lowest BCUT2D eigenvalue weighted by molar-refractivity contribution is 0.782. The molecule has 3 heterocycles. The molecule has 2 N–H and O–H groups in total. The first-order valence-electron chi connectivity index (χ1n) is 6.25. The van der Waals surface area contributed by atoms with Crippen LogP contribution in [0.25, 0.3) is 11.3 Å². The summed E-state index contributed by atoms with van der Waals surface area (Å²) in [6, 6.07) is 5.99. The minimum absolute atomic E-state index is 0.661. The Balaban J connectivity index is 1.86. The summed E-state index contributed by atoms with van der Waals surface area (Å²) in [4.78, 5) is 6.83. The number of aromatic nitrogens is 3. The smallest absolute Gasteiger partial charge is 0.128 e. The minimum Gasteiger partial charge on any atom is -0.384 e. The monoisotopic (exact) mass is 243 g/mol. The zero-order valence-corrected chi connectivity index (χ0v) is 10.5. The number of rotatable bonds is 2. The number of hydrogen-bond acceptors (Lipinski definition) is 4. The van der Waals surface area contributed by atoms with Crippen LogP contribution in [0.1, 0.15) is 12.8 Å². The van der Waals surface area contributed by atoms with Crippen LogP contribution in [0.3, 0.4) is 0 Å². The fourth-order valence-corrected chi connectivity index (χ4v) is 2.29. The van der Waals surface area contributed by atoms with Gasteiger partial charge in [0.15, 0.2) is 0 Å². The van der Waals surface area contributed by atoms with Gasteiger partial charge in [-0.3, -0.25) is 4.68 Å². The number of hydrogen-bond donors (Lipinski definition) is 1. The van der Waals surface area contributed by atoms with Gasteiger partial charge in [0.1, 0.15) is 11.6 Å². The summed E-state index contributed by atoms with van der Waals surface area (Å²) in [5, 5.41) is 4.35. The Labute approximate surface area is 106 Å².